The molecule has 0 fully saturated rings. The Morgan fingerprint density at radius 1 is 1.10 bits per heavy atom. The van der Waals surface area contributed by atoms with Crippen molar-refractivity contribution in [2.24, 2.45) is 4.99 Å². The van der Waals surface area contributed by atoms with Crippen LogP contribution in [0, 0.1) is 0 Å². The molecule has 0 spiro atoms. The number of carbonyl (C=O) groups is 1. The quantitative estimate of drug-likeness (QED) is 0.849. The Bertz CT molecular complexity index is 678. The molecule has 20 heavy (non-hydrogen) atoms. The van der Waals surface area contributed by atoms with Crippen molar-refractivity contribution in [3.63, 3.8) is 0 Å². The number of aliphatic imine (C=N–C) groups is 1. The zero-order valence-electron chi connectivity index (χ0n) is 11.2. The molecule has 1 heterocycles. The maximum absolute atomic E-state index is 12.7. The van der Waals surface area contributed by atoms with Crippen LogP contribution in [-0.2, 0) is 0 Å². The van der Waals surface area contributed by atoms with Crippen molar-refractivity contribution in [2.45, 2.75) is 18.6 Å². The largest absolute Gasteiger partial charge is 0.385 e. The van der Waals surface area contributed by atoms with E-state index < -0.39 is 11.6 Å². The first-order chi connectivity index (χ1) is 9.63. The van der Waals surface area contributed by atoms with Gasteiger partial charge in [-0.3, -0.25) is 9.79 Å². The molecule has 2 aromatic carbocycles. The van der Waals surface area contributed by atoms with Gasteiger partial charge in [0, 0.05) is 11.8 Å². The predicted molar refractivity (Wildman–Crippen MR) is 78.2 cm³/mol. The molecule has 0 saturated heterocycles. The molecular weight excluding hydrogens is 250 g/mol. The summed E-state index contributed by atoms with van der Waals surface area (Å²) in [6.07, 6.45) is 0.736. The summed E-state index contributed by atoms with van der Waals surface area (Å²) in [5, 5.41) is 10.6. The van der Waals surface area contributed by atoms with E-state index >= 15 is 0 Å². The molecule has 3 rings (SSSR count). The molecule has 0 radical (unpaired) electrons. The van der Waals surface area contributed by atoms with E-state index in [-0.39, 0.29) is 5.78 Å². The van der Waals surface area contributed by atoms with Crippen LogP contribution in [0.25, 0.3) is 0 Å². The topological polar surface area (TPSA) is 49.7 Å². The SMILES string of the molecule is CC1(C(=O)c2ccccc2)N=Cc2ccccc2C1O. The van der Waals surface area contributed by atoms with E-state index in [1.54, 1.807) is 25.3 Å². The molecule has 2 aromatic rings. The molecular formula is C17H15NO2. The van der Waals surface area contributed by atoms with Crippen LogP contribution in [0.3, 0.4) is 0 Å². The fourth-order valence-corrected chi connectivity index (χ4v) is 2.52. The van der Waals surface area contributed by atoms with Crippen LogP contribution in [0.15, 0.2) is 59.6 Å². The minimum absolute atomic E-state index is 0.170. The zero-order valence-corrected chi connectivity index (χ0v) is 11.2. The van der Waals surface area contributed by atoms with Crippen LogP contribution in [0.5, 0.6) is 0 Å². The number of hydrogen-bond donors (Lipinski definition) is 1. The van der Waals surface area contributed by atoms with E-state index in [1.165, 1.54) is 0 Å². The molecule has 1 aliphatic rings. The lowest BCUT2D eigenvalue weighted by atomic mass is 9.80. The van der Waals surface area contributed by atoms with Crippen LogP contribution in [-0.4, -0.2) is 22.6 Å². The number of aliphatic hydroxyl groups is 1. The number of hydrogen-bond acceptors (Lipinski definition) is 3. The highest BCUT2D eigenvalue weighted by molar-refractivity contribution is 6.05. The number of nitrogens with zero attached hydrogens (tertiary/aromatic N) is 1. The smallest absolute Gasteiger partial charge is 0.193 e. The van der Waals surface area contributed by atoms with Crippen LogP contribution in [0.4, 0.5) is 0 Å². The third-order valence-corrected chi connectivity index (χ3v) is 3.79. The number of carbonyl (C=O) groups excluding carboxylic acids is 1. The Morgan fingerprint density at radius 2 is 1.75 bits per heavy atom. The van der Waals surface area contributed by atoms with Gasteiger partial charge in [0.25, 0.3) is 0 Å². The van der Waals surface area contributed by atoms with Crippen molar-refractivity contribution in [2.75, 3.05) is 0 Å². The average Bonchev–Trinajstić information content (AvgIpc) is 2.51. The lowest BCUT2D eigenvalue weighted by Gasteiger charge is -2.33. The molecule has 2 atom stereocenters. The highest BCUT2D eigenvalue weighted by Crippen LogP contribution is 2.36. The lowest BCUT2D eigenvalue weighted by Crippen LogP contribution is -2.42. The monoisotopic (exact) mass is 265 g/mol. The van der Waals surface area contributed by atoms with E-state index in [0.29, 0.717) is 5.56 Å². The fourth-order valence-electron chi connectivity index (χ4n) is 2.52. The maximum Gasteiger partial charge on any atom is 0.193 e. The minimum Gasteiger partial charge on any atom is -0.385 e. The van der Waals surface area contributed by atoms with Crippen LogP contribution >= 0.6 is 0 Å². The van der Waals surface area contributed by atoms with E-state index in [9.17, 15) is 9.90 Å². The molecule has 0 saturated carbocycles. The fraction of sp³-hybridized carbons (Fsp3) is 0.176. The minimum atomic E-state index is -1.17. The summed E-state index contributed by atoms with van der Waals surface area (Å²) in [6.45, 7) is 1.68. The van der Waals surface area contributed by atoms with Gasteiger partial charge in [0.15, 0.2) is 11.3 Å². The van der Waals surface area contributed by atoms with Gasteiger partial charge in [0.1, 0.15) is 6.10 Å². The second-order valence-electron chi connectivity index (χ2n) is 5.13. The number of Topliss-reactive ketones (excluding diaryl/α,β-unsaturated/α-hetero) is 1. The summed E-state index contributed by atoms with van der Waals surface area (Å²) in [6, 6.07) is 16.4. The first-order valence-corrected chi connectivity index (χ1v) is 6.55. The van der Waals surface area contributed by atoms with E-state index in [4.69, 9.17) is 0 Å². The Labute approximate surface area is 117 Å². The van der Waals surface area contributed by atoms with Crippen LogP contribution < -0.4 is 0 Å². The third-order valence-electron chi connectivity index (χ3n) is 3.79. The molecule has 100 valence electrons. The van der Waals surface area contributed by atoms with Gasteiger partial charge in [-0.25, -0.2) is 0 Å². The lowest BCUT2D eigenvalue weighted by molar-refractivity contribution is 0.0616. The second-order valence-corrected chi connectivity index (χ2v) is 5.13. The van der Waals surface area contributed by atoms with Gasteiger partial charge in [-0.15, -0.1) is 0 Å². The molecule has 3 heteroatoms. The Kier molecular flexibility index (Phi) is 2.99. The average molecular weight is 265 g/mol. The standard InChI is InChI=1S/C17H15NO2/c1-17(15(19)12-7-3-2-4-8-12)16(20)14-10-6-5-9-13(14)11-18-17/h2-11,16,20H,1H3. The first kappa shape index (κ1) is 12.8. The number of rotatable bonds is 2. The van der Waals surface area contributed by atoms with Crippen LogP contribution in [0.1, 0.15) is 34.5 Å². The predicted octanol–water partition coefficient (Wildman–Crippen LogP) is 2.79. The maximum atomic E-state index is 12.7. The summed E-state index contributed by atoms with van der Waals surface area (Å²) in [4.78, 5) is 17.0. The van der Waals surface area contributed by atoms with Crippen molar-refractivity contribution < 1.29 is 9.90 Å². The molecule has 1 aliphatic heterocycles. The Balaban J connectivity index is 2.05. The van der Waals surface area contributed by atoms with Crippen molar-refractivity contribution in [1.29, 1.82) is 0 Å². The second kappa shape index (κ2) is 4.69. The zero-order chi connectivity index (χ0) is 14.2. The summed E-state index contributed by atoms with van der Waals surface area (Å²) in [7, 11) is 0. The van der Waals surface area contributed by atoms with Gasteiger partial charge in [-0.2, -0.15) is 0 Å². The number of aliphatic hydroxyl groups excluding tert-OH is 1. The highest BCUT2D eigenvalue weighted by Gasteiger charge is 2.43. The molecule has 0 aromatic heterocycles. The molecule has 0 aliphatic carbocycles. The summed E-state index contributed by atoms with van der Waals surface area (Å²) < 4.78 is 0. The molecule has 2 unspecified atom stereocenters. The summed E-state index contributed by atoms with van der Waals surface area (Å²) in [5.74, 6) is -0.170. The Hall–Kier alpha value is -2.26. The Morgan fingerprint density at radius 3 is 2.50 bits per heavy atom. The van der Waals surface area contributed by atoms with E-state index in [1.807, 2.05) is 42.5 Å². The highest BCUT2D eigenvalue weighted by atomic mass is 16.3. The normalized spacial score (nSPS) is 24.2. The number of fused-ring (bicyclic) bond motifs is 1. The van der Waals surface area contributed by atoms with Gasteiger partial charge in [0.05, 0.1) is 0 Å². The van der Waals surface area contributed by atoms with Crippen molar-refractivity contribution in [1.82, 2.24) is 0 Å². The van der Waals surface area contributed by atoms with Gasteiger partial charge < -0.3 is 5.11 Å². The van der Waals surface area contributed by atoms with Gasteiger partial charge in [0.2, 0.25) is 0 Å². The molecule has 0 bridgehead atoms. The number of ketones is 1. The van der Waals surface area contributed by atoms with Crippen molar-refractivity contribution in [3.05, 3.63) is 71.3 Å². The van der Waals surface area contributed by atoms with Gasteiger partial charge >= 0.3 is 0 Å². The molecule has 0 amide bonds. The number of benzene rings is 2. The van der Waals surface area contributed by atoms with Crippen molar-refractivity contribution >= 4 is 12.0 Å². The molecule has 1 N–H and O–H groups in total. The van der Waals surface area contributed by atoms with Crippen LogP contribution in [0.2, 0.25) is 0 Å². The third kappa shape index (κ3) is 1.87. The van der Waals surface area contributed by atoms with E-state index in [0.717, 1.165) is 11.1 Å². The summed E-state index contributed by atoms with van der Waals surface area (Å²) in [5.41, 5.74) is 0.994. The first-order valence-electron chi connectivity index (χ1n) is 6.55. The molecule has 3 nitrogen and oxygen atoms in total. The van der Waals surface area contributed by atoms with E-state index in [2.05, 4.69) is 4.99 Å². The van der Waals surface area contributed by atoms with Crippen molar-refractivity contribution in [3.8, 4) is 0 Å². The van der Waals surface area contributed by atoms with Gasteiger partial charge in [-0.05, 0) is 18.1 Å². The van der Waals surface area contributed by atoms with Gasteiger partial charge in [-0.1, -0.05) is 54.6 Å². The summed E-state index contributed by atoms with van der Waals surface area (Å²) >= 11 is 0.